The average Bonchev–Trinajstić information content (AvgIpc) is 2.53. The number of hydrogen-bond acceptors (Lipinski definition) is 3. The fourth-order valence-electron chi connectivity index (χ4n) is 1.08. The molecule has 0 fully saturated rings. The van der Waals surface area contributed by atoms with Crippen molar-refractivity contribution in [3.05, 3.63) is 35.9 Å². The van der Waals surface area contributed by atoms with Crippen molar-refractivity contribution in [3.8, 4) is 0 Å². The number of carbonyl (C=O) groups is 1. The average molecular weight is 161 g/mol. The van der Waals surface area contributed by atoms with Crippen molar-refractivity contribution >= 4 is 11.5 Å². The van der Waals surface area contributed by atoms with Gasteiger partial charge in [-0.05, 0) is 0 Å². The summed E-state index contributed by atoms with van der Waals surface area (Å²) >= 11 is 0. The summed E-state index contributed by atoms with van der Waals surface area (Å²) in [6.07, 6.45) is 0. The molecule has 0 unspecified atom stereocenters. The zero-order chi connectivity index (χ0) is 8.39. The summed E-state index contributed by atoms with van der Waals surface area (Å²) in [5.74, 6) is -0.0544. The predicted octanol–water partition coefficient (Wildman–Crippen LogP) is 0.990. The Kier molecular flexibility index (Phi) is 1.63. The fraction of sp³-hybridized carbons (Fsp3) is 0.111. The number of carbonyl (C=O) groups excluding carboxylic acids is 1. The van der Waals surface area contributed by atoms with Gasteiger partial charge in [0.15, 0.2) is 12.3 Å². The number of nitrogens with zero attached hydrogens (tertiary/aromatic N) is 1. The molecular weight excluding hydrogens is 154 g/mol. The molecule has 1 aromatic rings. The quantitative estimate of drug-likeness (QED) is 0.616. The minimum absolute atomic E-state index is 0.0544. The van der Waals surface area contributed by atoms with E-state index in [9.17, 15) is 4.79 Å². The number of ketones is 1. The Labute approximate surface area is 69.6 Å². The van der Waals surface area contributed by atoms with Gasteiger partial charge in [-0.1, -0.05) is 35.5 Å². The van der Waals surface area contributed by atoms with Gasteiger partial charge in [-0.2, -0.15) is 0 Å². The smallest absolute Gasteiger partial charge is 0.225 e. The second-order valence-corrected chi connectivity index (χ2v) is 2.50. The highest BCUT2D eigenvalue weighted by Gasteiger charge is 2.20. The molecule has 1 aromatic carbocycles. The molecule has 0 N–H and O–H groups in total. The highest BCUT2D eigenvalue weighted by Crippen LogP contribution is 2.07. The second-order valence-electron chi connectivity index (χ2n) is 2.50. The van der Waals surface area contributed by atoms with E-state index in [0.717, 1.165) is 5.56 Å². The third-order valence-corrected chi connectivity index (χ3v) is 1.66. The second kappa shape index (κ2) is 2.77. The highest BCUT2D eigenvalue weighted by molar-refractivity contribution is 6.47. The molecule has 60 valence electrons. The van der Waals surface area contributed by atoms with Crippen LogP contribution in [0.5, 0.6) is 0 Å². The SMILES string of the molecule is O=C1CON=C1c1ccccc1. The van der Waals surface area contributed by atoms with Gasteiger partial charge in [0.1, 0.15) is 0 Å². The number of Topliss-reactive ketones (excluding diaryl/α,β-unsaturated/α-hetero) is 1. The van der Waals surface area contributed by atoms with Gasteiger partial charge in [-0.15, -0.1) is 0 Å². The Morgan fingerprint density at radius 3 is 2.58 bits per heavy atom. The van der Waals surface area contributed by atoms with Crippen molar-refractivity contribution in [2.75, 3.05) is 6.61 Å². The maximum atomic E-state index is 11.1. The Morgan fingerprint density at radius 2 is 2.00 bits per heavy atom. The van der Waals surface area contributed by atoms with Crippen LogP contribution in [0.15, 0.2) is 35.5 Å². The van der Waals surface area contributed by atoms with E-state index in [1.807, 2.05) is 30.3 Å². The van der Waals surface area contributed by atoms with Crippen LogP contribution in [0.25, 0.3) is 0 Å². The van der Waals surface area contributed by atoms with Crippen molar-refractivity contribution in [2.24, 2.45) is 5.16 Å². The molecule has 0 saturated carbocycles. The normalized spacial score (nSPS) is 15.7. The van der Waals surface area contributed by atoms with Crippen LogP contribution in [0.1, 0.15) is 5.56 Å². The largest absolute Gasteiger partial charge is 0.387 e. The molecule has 0 spiro atoms. The molecule has 0 bridgehead atoms. The highest BCUT2D eigenvalue weighted by atomic mass is 16.6. The van der Waals surface area contributed by atoms with Gasteiger partial charge in [0.25, 0.3) is 0 Å². The van der Waals surface area contributed by atoms with E-state index < -0.39 is 0 Å². The molecule has 0 amide bonds. The summed E-state index contributed by atoms with van der Waals surface area (Å²) in [6.45, 7) is 0.0736. The van der Waals surface area contributed by atoms with Crippen molar-refractivity contribution in [3.63, 3.8) is 0 Å². The molecule has 12 heavy (non-hydrogen) atoms. The van der Waals surface area contributed by atoms with Crippen LogP contribution in [0.3, 0.4) is 0 Å². The summed E-state index contributed by atoms with van der Waals surface area (Å²) in [4.78, 5) is 15.8. The summed E-state index contributed by atoms with van der Waals surface area (Å²) in [7, 11) is 0. The van der Waals surface area contributed by atoms with Crippen LogP contribution in [-0.2, 0) is 9.63 Å². The summed E-state index contributed by atoms with van der Waals surface area (Å²) in [5, 5.41) is 3.65. The number of benzene rings is 1. The van der Waals surface area contributed by atoms with Crippen LogP contribution in [-0.4, -0.2) is 18.1 Å². The number of rotatable bonds is 1. The van der Waals surface area contributed by atoms with Crippen LogP contribution >= 0.6 is 0 Å². The standard InChI is InChI=1S/C9H7NO2/c11-8-6-12-10-9(8)7-4-2-1-3-5-7/h1-5H,6H2. The van der Waals surface area contributed by atoms with Gasteiger partial charge in [0, 0.05) is 5.56 Å². The van der Waals surface area contributed by atoms with Gasteiger partial charge in [-0.25, -0.2) is 0 Å². The Balaban J connectivity index is 2.38. The zero-order valence-corrected chi connectivity index (χ0v) is 6.36. The van der Waals surface area contributed by atoms with E-state index in [1.54, 1.807) is 0 Å². The first kappa shape index (κ1) is 7.03. The van der Waals surface area contributed by atoms with Crippen LogP contribution in [0.4, 0.5) is 0 Å². The maximum Gasteiger partial charge on any atom is 0.225 e. The minimum Gasteiger partial charge on any atom is -0.387 e. The summed E-state index contributed by atoms with van der Waals surface area (Å²) in [6, 6.07) is 9.30. The van der Waals surface area contributed by atoms with Gasteiger partial charge in [0.05, 0.1) is 0 Å². The van der Waals surface area contributed by atoms with E-state index in [4.69, 9.17) is 0 Å². The molecule has 1 aliphatic rings. The molecule has 0 aromatic heterocycles. The third-order valence-electron chi connectivity index (χ3n) is 1.66. The van der Waals surface area contributed by atoms with E-state index in [0.29, 0.717) is 5.71 Å². The van der Waals surface area contributed by atoms with Gasteiger partial charge >= 0.3 is 0 Å². The lowest BCUT2D eigenvalue weighted by Gasteiger charge is -1.93. The molecule has 3 heteroatoms. The molecule has 0 saturated heterocycles. The van der Waals surface area contributed by atoms with Crippen molar-refractivity contribution in [1.82, 2.24) is 0 Å². The zero-order valence-electron chi connectivity index (χ0n) is 6.36. The predicted molar refractivity (Wildman–Crippen MR) is 43.9 cm³/mol. The summed E-state index contributed by atoms with van der Waals surface area (Å²) in [5.41, 5.74) is 1.25. The molecule has 2 rings (SSSR count). The lowest BCUT2D eigenvalue weighted by Crippen LogP contribution is -2.12. The lowest BCUT2D eigenvalue weighted by molar-refractivity contribution is -0.114. The first-order valence-corrected chi connectivity index (χ1v) is 3.66. The summed E-state index contributed by atoms with van der Waals surface area (Å²) < 4.78 is 0. The lowest BCUT2D eigenvalue weighted by atomic mass is 10.1. The van der Waals surface area contributed by atoms with Crippen molar-refractivity contribution in [1.29, 1.82) is 0 Å². The van der Waals surface area contributed by atoms with Crippen LogP contribution in [0.2, 0.25) is 0 Å². The van der Waals surface area contributed by atoms with Crippen LogP contribution < -0.4 is 0 Å². The van der Waals surface area contributed by atoms with Crippen LogP contribution in [0, 0.1) is 0 Å². The Morgan fingerprint density at radius 1 is 1.25 bits per heavy atom. The first-order chi connectivity index (χ1) is 5.88. The number of hydrogen-bond donors (Lipinski definition) is 0. The van der Waals surface area contributed by atoms with Gasteiger partial charge < -0.3 is 4.84 Å². The Hall–Kier alpha value is -1.64. The first-order valence-electron chi connectivity index (χ1n) is 3.66. The van der Waals surface area contributed by atoms with E-state index >= 15 is 0 Å². The molecule has 1 aliphatic heterocycles. The molecular formula is C9H7NO2. The van der Waals surface area contributed by atoms with Crippen molar-refractivity contribution < 1.29 is 9.63 Å². The maximum absolute atomic E-state index is 11.1. The minimum atomic E-state index is -0.0544. The fourth-order valence-corrected chi connectivity index (χ4v) is 1.08. The Bertz CT molecular complexity index is 330. The van der Waals surface area contributed by atoms with E-state index in [-0.39, 0.29) is 12.4 Å². The topological polar surface area (TPSA) is 38.7 Å². The monoisotopic (exact) mass is 161 g/mol. The van der Waals surface area contributed by atoms with Gasteiger partial charge in [0.2, 0.25) is 5.78 Å². The number of oxime groups is 1. The van der Waals surface area contributed by atoms with Gasteiger partial charge in [-0.3, -0.25) is 4.79 Å². The molecule has 0 atom stereocenters. The van der Waals surface area contributed by atoms with E-state index in [1.165, 1.54) is 0 Å². The molecule has 0 radical (unpaired) electrons. The molecule has 3 nitrogen and oxygen atoms in total. The third kappa shape index (κ3) is 1.09. The van der Waals surface area contributed by atoms with Crippen molar-refractivity contribution in [2.45, 2.75) is 0 Å². The molecule has 0 aliphatic carbocycles. The van der Waals surface area contributed by atoms with E-state index in [2.05, 4.69) is 9.99 Å². The molecule has 1 heterocycles.